The molecule has 0 saturated carbocycles. The average molecular weight is 246 g/mol. The van der Waals surface area contributed by atoms with Gasteiger partial charge < -0.3 is 23.7 Å². The fraction of sp³-hybridized carbons (Fsp3) is 0.818. The molecular formula is C11H18O6. The van der Waals surface area contributed by atoms with Gasteiger partial charge in [0, 0.05) is 27.1 Å². The number of carbonyl (C=O) groups is 2. The van der Waals surface area contributed by atoms with Crippen LogP contribution in [0, 0.1) is 0 Å². The summed E-state index contributed by atoms with van der Waals surface area (Å²) in [5.41, 5.74) is 0. The average Bonchev–Trinajstić information content (AvgIpc) is 2.37. The molecule has 6 nitrogen and oxygen atoms in total. The minimum atomic E-state index is -1.14. The van der Waals surface area contributed by atoms with Crippen molar-refractivity contribution in [2.75, 3.05) is 21.3 Å². The van der Waals surface area contributed by atoms with Gasteiger partial charge in [0.05, 0.1) is 19.6 Å². The summed E-state index contributed by atoms with van der Waals surface area (Å²) in [4.78, 5) is 22.2. The van der Waals surface area contributed by atoms with Crippen LogP contribution in [-0.2, 0) is 28.5 Å². The lowest BCUT2D eigenvalue weighted by Gasteiger charge is -2.40. The van der Waals surface area contributed by atoms with Gasteiger partial charge in [-0.2, -0.15) is 0 Å². The predicted octanol–water partition coefficient (Wildman–Crippen LogP) is 0.285. The van der Waals surface area contributed by atoms with E-state index in [4.69, 9.17) is 14.2 Å². The van der Waals surface area contributed by atoms with Crippen LogP contribution in [0.15, 0.2) is 0 Å². The summed E-state index contributed by atoms with van der Waals surface area (Å²) < 4.78 is 20.6. The molecule has 1 aliphatic rings. The van der Waals surface area contributed by atoms with Crippen LogP contribution in [0.1, 0.15) is 19.3 Å². The van der Waals surface area contributed by atoms with Gasteiger partial charge in [-0.25, -0.2) is 0 Å². The Morgan fingerprint density at radius 3 is 2.65 bits per heavy atom. The van der Waals surface area contributed by atoms with E-state index >= 15 is 0 Å². The highest BCUT2D eigenvalue weighted by molar-refractivity contribution is 5.70. The van der Waals surface area contributed by atoms with Gasteiger partial charge in [-0.1, -0.05) is 0 Å². The summed E-state index contributed by atoms with van der Waals surface area (Å²) in [5.74, 6) is -1.59. The van der Waals surface area contributed by atoms with Gasteiger partial charge in [-0.15, -0.1) is 0 Å². The molecule has 1 heterocycles. The topological polar surface area (TPSA) is 71.1 Å². The molecule has 0 amide bonds. The third kappa shape index (κ3) is 3.49. The first kappa shape index (κ1) is 14.1. The number of rotatable bonds is 5. The van der Waals surface area contributed by atoms with E-state index in [1.165, 1.54) is 14.2 Å². The van der Waals surface area contributed by atoms with E-state index in [2.05, 4.69) is 4.74 Å². The fourth-order valence-electron chi connectivity index (χ4n) is 1.93. The van der Waals surface area contributed by atoms with Crippen LogP contribution in [0.5, 0.6) is 0 Å². The molecule has 0 bridgehead atoms. The Bertz CT molecular complexity index is 279. The second kappa shape index (κ2) is 6.09. The van der Waals surface area contributed by atoms with E-state index in [-0.39, 0.29) is 12.5 Å². The Labute approximate surface area is 100 Å². The van der Waals surface area contributed by atoms with E-state index in [0.29, 0.717) is 19.1 Å². The Morgan fingerprint density at radius 2 is 2.18 bits per heavy atom. The number of methoxy groups -OCH3 is 3. The lowest BCUT2D eigenvalue weighted by molar-refractivity contribution is -0.281. The zero-order valence-electron chi connectivity index (χ0n) is 10.3. The monoisotopic (exact) mass is 246 g/mol. The van der Waals surface area contributed by atoms with Crippen molar-refractivity contribution in [3.05, 3.63) is 0 Å². The molecule has 6 heteroatoms. The fourth-order valence-corrected chi connectivity index (χ4v) is 1.93. The number of hydrogen-bond donors (Lipinski definition) is 0. The van der Waals surface area contributed by atoms with Crippen LogP contribution in [0.2, 0.25) is 0 Å². The molecule has 0 aromatic heterocycles. The molecule has 3 atom stereocenters. The number of hydrogen-bond acceptors (Lipinski definition) is 6. The van der Waals surface area contributed by atoms with Crippen molar-refractivity contribution in [3.8, 4) is 0 Å². The van der Waals surface area contributed by atoms with Crippen LogP contribution in [0.25, 0.3) is 0 Å². The molecule has 0 N–H and O–H groups in total. The van der Waals surface area contributed by atoms with Crippen LogP contribution in [0.3, 0.4) is 0 Å². The van der Waals surface area contributed by atoms with Gasteiger partial charge in [-0.3, -0.25) is 4.79 Å². The van der Waals surface area contributed by atoms with E-state index in [9.17, 15) is 9.59 Å². The van der Waals surface area contributed by atoms with Crippen LogP contribution in [-0.4, -0.2) is 51.6 Å². The number of esters is 1. The maximum atomic E-state index is 11.3. The van der Waals surface area contributed by atoms with Crippen molar-refractivity contribution in [1.29, 1.82) is 0 Å². The quantitative estimate of drug-likeness (QED) is 0.512. The largest absolute Gasteiger partial charge is 0.469 e. The maximum absolute atomic E-state index is 11.3. The van der Waals surface area contributed by atoms with Crippen molar-refractivity contribution < 1.29 is 28.5 Å². The normalized spacial score (nSPS) is 33.1. The van der Waals surface area contributed by atoms with E-state index in [1.807, 2.05) is 0 Å². The van der Waals surface area contributed by atoms with Crippen LogP contribution >= 0.6 is 0 Å². The van der Waals surface area contributed by atoms with Gasteiger partial charge in [0.2, 0.25) is 0 Å². The van der Waals surface area contributed by atoms with Gasteiger partial charge in [0.15, 0.2) is 5.79 Å². The molecule has 1 fully saturated rings. The number of carbonyl (C=O) groups excluding carboxylic acids is 2. The lowest BCUT2D eigenvalue weighted by atomic mass is 9.96. The Morgan fingerprint density at radius 1 is 1.47 bits per heavy atom. The Kier molecular flexibility index (Phi) is 5.04. The van der Waals surface area contributed by atoms with Crippen molar-refractivity contribution in [2.24, 2.45) is 0 Å². The maximum Gasteiger partial charge on any atom is 0.310 e. The van der Waals surface area contributed by atoms with E-state index in [1.54, 1.807) is 7.11 Å². The van der Waals surface area contributed by atoms with Gasteiger partial charge in [0.25, 0.3) is 0 Å². The first-order chi connectivity index (χ1) is 8.09. The smallest absolute Gasteiger partial charge is 0.310 e. The minimum Gasteiger partial charge on any atom is -0.469 e. The van der Waals surface area contributed by atoms with Gasteiger partial charge >= 0.3 is 5.97 Å². The highest BCUT2D eigenvalue weighted by atomic mass is 16.7. The summed E-state index contributed by atoms with van der Waals surface area (Å²) in [6.45, 7) is 0. The van der Waals surface area contributed by atoms with Crippen molar-refractivity contribution in [1.82, 2.24) is 0 Å². The molecule has 0 spiro atoms. The molecule has 1 aliphatic heterocycles. The summed E-state index contributed by atoms with van der Waals surface area (Å²) in [6.07, 6.45) is 0.674. The Balaban J connectivity index is 2.80. The second-order valence-electron chi connectivity index (χ2n) is 3.96. The summed E-state index contributed by atoms with van der Waals surface area (Å²) in [6, 6.07) is 0. The van der Waals surface area contributed by atoms with Gasteiger partial charge in [-0.05, 0) is 0 Å². The SMILES string of the molecule is COC(=O)C[C@]1(OC)C[C@H](OC)C[C@H](C=O)O1. The standard InChI is InChI=1S/C11H18O6/c1-14-8-4-9(7-12)17-11(5-8,16-3)6-10(13)15-2/h7-9H,4-6H2,1-3H3/t8-,9-,11+/m1/s1. The lowest BCUT2D eigenvalue weighted by Crippen LogP contribution is -2.49. The minimum absolute atomic E-state index is 0.0653. The van der Waals surface area contributed by atoms with Crippen molar-refractivity contribution >= 4 is 12.3 Å². The molecule has 0 aromatic rings. The zero-order valence-corrected chi connectivity index (χ0v) is 10.3. The molecule has 0 aromatic carbocycles. The predicted molar refractivity (Wildman–Crippen MR) is 57.3 cm³/mol. The zero-order chi connectivity index (χ0) is 12.9. The van der Waals surface area contributed by atoms with Crippen molar-refractivity contribution in [3.63, 3.8) is 0 Å². The number of ether oxygens (including phenoxy) is 4. The second-order valence-corrected chi connectivity index (χ2v) is 3.96. The summed E-state index contributed by atoms with van der Waals surface area (Å²) in [7, 11) is 4.28. The van der Waals surface area contributed by atoms with Crippen LogP contribution < -0.4 is 0 Å². The van der Waals surface area contributed by atoms with E-state index < -0.39 is 17.9 Å². The third-order valence-corrected chi connectivity index (χ3v) is 2.90. The molecule has 0 radical (unpaired) electrons. The van der Waals surface area contributed by atoms with Crippen molar-refractivity contribution in [2.45, 2.75) is 37.3 Å². The molecule has 0 aliphatic carbocycles. The third-order valence-electron chi connectivity index (χ3n) is 2.90. The first-order valence-corrected chi connectivity index (χ1v) is 5.37. The van der Waals surface area contributed by atoms with E-state index in [0.717, 1.165) is 0 Å². The summed E-state index contributed by atoms with van der Waals surface area (Å²) >= 11 is 0. The van der Waals surface area contributed by atoms with Crippen LogP contribution in [0.4, 0.5) is 0 Å². The highest BCUT2D eigenvalue weighted by Crippen LogP contribution is 2.33. The van der Waals surface area contributed by atoms with Gasteiger partial charge in [0.1, 0.15) is 12.4 Å². The molecule has 0 unspecified atom stereocenters. The molecular weight excluding hydrogens is 228 g/mol. The Hall–Kier alpha value is -0.980. The molecule has 1 saturated heterocycles. The molecule has 98 valence electrons. The molecule has 17 heavy (non-hydrogen) atoms. The first-order valence-electron chi connectivity index (χ1n) is 5.37. The molecule has 1 rings (SSSR count). The number of aldehydes is 1. The highest BCUT2D eigenvalue weighted by Gasteiger charge is 2.44. The summed E-state index contributed by atoms with van der Waals surface area (Å²) in [5, 5.41) is 0.